The van der Waals surface area contributed by atoms with Gasteiger partial charge in [0.1, 0.15) is 0 Å². The quantitative estimate of drug-likeness (QED) is 0.797. The number of hydrogen-bond acceptors (Lipinski definition) is 3. The number of amides is 1. The van der Waals surface area contributed by atoms with Crippen LogP contribution in [0.2, 0.25) is 0 Å². The van der Waals surface area contributed by atoms with E-state index in [-0.39, 0.29) is 5.91 Å². The summed E-state index contributed by atoms with van der Waals surface area (Å²) in [5, 5.41) is 3.14. The molecule has 0 bridgehead atoms. The Bertz CT molecular complexity index is 793. The summed E-state index contributed by atoms with van der Waals surface area (Å²) in [5.41, 5.74) is 4.55. The standard InChI is InChI=1S/C24H31N3O/c1-3-22-13-7-9-20(2)24(22)25-23(28)19-27-17-15-26(16-18-27)14-8-12-21-10-5-4-6-11-21/h4-13H,3,14-19H2,1-2H3,(H,25,28)/b12-8+. The largest absolute Gasteiger partial charge is 0.324 e. The fourth-order valence-electron chi connectivity index (χ4n) is 3.62. The summed E-state index contributed by atoms with van der Waals surface area (Å²) < 4.78 is 0. The second-order valence-electron chi connectivity index (χ2n) is 7.40. The third-order valence-corrected chi connectivity index (χ3v) is 5.31. The van der Waals surface area contributed by atoms with Gasteiger partial charge in [0.2, 0.25) is 5.91 Å². The zero-order valence-corrected chi connectivity index (χ0v) is 17.0. The Labute approximate surface area is 168 Å². The fraction of sp³-hybridized carbons (Fsp3) is 0.375. The van der Waals surface area contributed by atoms with E-state index >= 15 is 0 Å². The van der Waals surface area contributed by atoms with Gasteiger partial charge in [0, 0.05) is 38.4 Å². The van der Waals surface area contributed by atoms with E-state index < -0.39 is 0 Å². The summed E-state index contributed by atoms with van der Waals surface area (Å²) in [6, 6.07) is 16.6. The van der Waals surface area contributed by atoms with Crippen LogP contribution in [0.5, 0.6) is 0 Å². The highest BCUT2D eigenvalue weighted by molar-refractivity contribution is 5.93. The van der Waals surface area contributed by atoms with Crippen molar-refractivity contribution in [2.45, 2.75) is 20.3 Å². The van der Waals surface area contributed by atoms with E-state index in [1.165, 1.54) is 11.1 Å². The van der Waals surface area contributed by atoms with Crippen LogP contribution >= 0.6 is 0 Å². The van der Waals surface area contributed by atoms with Gasteiger partial charge in [0.15, 0.2) is 0 Å². The van der Waals surface area contributed by atoms with Crippen molar-refractivity contribution < 1.29 is 4.79 Å². The van der Waals surface area contributed by atoms with Gasteiger partial charge in [-0.15, -0.1) is 0 Å². The highest BCUT2D eigenvalue weighted by Crippen LogP contribution is 2.21. The van der Waals surface area contributed by atoms with Crippen LogP contribution in [0.25, 0.3) is 6.08 Å². The molecule has 1 amide bonds. The molecule has 2 aromatic carbocycles. The number of hydrogen-bond donors (Lipinski definition) is 1. The van der Waals surface area contributed by atoms with Gasteiger partial charge < -0.3 is 5.32 Å². The van der Waals surface area contributed by atoms with Crippen LogP contribution in [0.15, 0.2) is 54.6 Å². The molecule has 1 saturated heterocycles. The van der Waals surface area contributed by atoms with E-state index in [1.54, 1.807) is 0 Å². The topological polar surface area (TPSA) is 35.6 Å². The summed E-state index contributed by atoms with van der Waals surface area (Å²) >= 11 is 0. The number of aryl methyl sites for hydroxylation is 2. The second-order valence-corrected chi connectivity index (χ2v) is 7.40. The first-order chi connectivity index (χ1) is 13.7. The molecule has 0 radical (unpaired) electrons. The molecule has 0 saturated carbocycles. The predicted molar refractivity (Wildman–Crippen MR) is 118 cm³/mol. The number of carbonyl (C=O) groups is 1. The average Bonchev–Trinajstić information content (AvgIpc) is 2.71. The molecule has 4 nitrogen and oxygen atoms in total. The Kier molecular flexibility index (Phi) is 7.40. The number of carbonyl (C=O) groups excluding carboxylic acids is 1. The highest BCUT2D eigenvalue weighted by atomic mass is 16.2. The van der Waals surface area contributed by atoms with E-state index in [0.29, 0.717) is 6.54 Å². The number of rotatable bonds is 7. The van der Waals surface area contributed by atoms with Gasteiger partial charge in [-0.2, -0.15) is 0 Å². The van der Waals surface area contributed by atoms with Crippen LogP contribution in [0.3, 0.4) is 0 Å². The first-order valence-electron chi connectivity index (χ1n) is 10.2. The van der Waals surface area contributed by atoms with E-state index in [0.717, 1.165) is 50.4 Å². The molecule has 0 aromatic heterocycles. The minimum absolute atomic E-state index is 0.0847. The number of nitrogens with zero attached hydrogens (tertiary/aromatic N) is 2. The first-order valence-corrected chi connectivity index (χ1v) is 10.2. The normalized spacial score (nSPS) is 15.8. The van der Waals surface area contributed by atoms with Crippen molar-refractivity contribution in [3.8, 4) is 0 Å². The molecule has 3 rings (SSSR count). The maximum atomic E-state index is 12.5. The highest BCUT2D eigenvalue weighted by Gasteiger charge is 2.19. The molecule has 0 unspecified atom stereocenters. The SMILES string of the molecule is CCc1cccc(C)c1NC(=O)CN1CCN(C/C=C/c2ccccc2)CC1. The van der Waals surface area contributed by atoms with Crippen molar-refractivity contribution in [2.24, 2.45) is 0 Å². The molecule has 0 atom stereocenters. The molecule has 2 aromatic rings. The van der Waals surface area contributed by atoms with Crippen LogP contribution in [-0.2, 0) is 11.2 Å². The Hall–Kier alpha value is -2.43. The van der Waals surface area contributed by atoms with Crippen molar-refractivity contribution in [2.75, 3.05) is 44.6 Å². The van der Waals surface area contributed by atoms with Gasteiger partial charge in [-0.3, -0.25) is 14.6 Å². The van der Waals surface area contributed by atoms with Crippen LogP contribution in [0, 0.1) is 6.92 Å². The van der Waals surface area contributed by atoms with E-state index in [2.05, 4.69) is 83.6 Å². The molecule has 4 heteroatoms. The Balaban J connectivity index is 1.43. The number of para-hydroxylation sites is 1. The van der Waals surface area contributed by atoms with Crippen molar-refractivity contribution in [1.29, 1.82) is 0 Å². The molecular weight excluding hydrogens is 346 g/mol. The smallest absolute Gasteiger partial charge is 0.238 e. The van der Waals surface area contributed by atoms with Gasteiger partial charge in [-0.1, -0.05) is 67.6 Å². The average molecular weight is 378 g/mol. The van der Waals surface area contributed by atoms with Gasteiger partial charge in [-0.25, -0.2) is 0 Å². The lowest BCUT2D eigenvalue weighted by atomic mass is 10.1. The first kappa shape index (κ1) is 20.3. The van der Waals surface area contributed by atoms with Crippen molar-refractivity contribution >= 4 is 17.7 Å². The zero-order chi connectivity index (χ0) is 19.8. The molecular formula is C24H31N3O. The number of anilines is 1. The molecule has 1 heterocycles. The zero-order valence-electron chi connectivity index (χ0n) is 17.0. The number of piperazine rings is 1. The number of benzene rings is 2. The molecule has 148 valence electrons. The maximum Gasteiger partial charge on any atom is 0.238 e. The number of nitrogens with one attached hydrogen (secondary N) is 1. The van der Waals surface area contributed by atoms with E-state index in [1.807, 2.05) is 6.07 Å². The molecule has 1 aliphatic heterocycles. The summed E-state index contributed by atoms with van der Waals surface area (Å²) in [6.45, 7) is 9.45. The van der Waals surface area contributed by atoms with Crippen molar-refractivity contribution in [3.05, 3.63) is 71.3 Å². The van der Waals surface area contributed by atoms with E-state index in [9.17, 15) is 4.79 Å². The van der Waals surface area contributed by atoms with Crippen molar-refractivity contribution in [3.63, 3.8) is 0 Å². The van der Waals surface area contributed by atoms with E-state index in [4.69, 9.17) is 0 Å². The molecule has 1 N–H and O–H groups in total. The maximum absolute atomic E-state index is 12.5. The molecule has 1 fully saturated rings. The molecule has 1 aliphatic rings. The summed E-state index contributed by atoms with van der Waals surface area (Å²) in [4.78, 5) is 17.2. The van der Waals surface area contributed by atoms with Crippen LogP contribution < -0.4 is 5.32 Å². The van der Waals surface area contributed by atoms with Gasteiger partial charge in [-0.05, 0) is 30.0 Å². The van der Waals surface area contributed by atoms with Crippen LogP contribution in [-0.4, -0.2) is 55.0 Å². The van der Waals surface area contributed by atoms with Crippen molar-refractivity contribution in [1.82, 2.24) is 9.80 Å². The fourth-order valence-corrected chi connectivity index (χ4v) is 3.62. The molecule has 28 heavy (non-hydrogen) atoms. The second kappa shape index (κ2) is 10.2. The Morgan fingerprint density at radius 1 is 1.00 bits per heavy atom. The monoisotopic (exact) mass is 377 g/mol. The predicted octanol–water partition coefficient (Wildman–Crippen LogP) is 3.83. The lowest BCUT2D eigenvalue weighted by Gasteiger charge is -2.33. The Morgan fingerprint density at radius 3 is 2.43 bits per heavy atom. The van der Waals surface area contributed by atoms with Crippen LogP contribution in [0.4, 0.5) is 5.69 Å². The minimum atomic E-state index is 0.0847. The third kappa shape index (κ3) is 5.78. The van der Waals surface area contributed by atoms with Gasteiger partial charge >= 0.3 is 0 Å². The lowest BCUT2D eigenvalue weighted by Crippen LogP contribution is -2.48. The third-order valence-electron chi connectivity index (χ3n) is 5.31. The summed E-state index contributed by atoms with van der Waals surface area (Å²) in [6.07, 6.45) is 5.32. The summed E-state index contributed by atoms with van der Waals surface area (Å²) in [7, 11) is 0. The molecule has 0 aliphatic carbocycles. The van der Waals surface area contributed by atoms with Gasteiger partial charge in [0.25, 0.3) is 0 Å². The minimum Gasteiger partial charge on any atom is -0.324 e. The molecule has 0 spiro atoms. The van der Waals surface area contributed by atoms with Gasteiger partial charge in [0.05, 0.1) is 6.54 Å². The summed E-state index contributed by atoms with van der Waals surface area (Å²) in [5.74, 6) is 0.0847. The Morgan fingerprint density at radius 2 is 1.71 bits per heavy atom. The van der Waals surface area contributed by atoms with Crippen LogP contribution in [0.1, 0.15) is 23.6 Å². The lowest BCUT2D eigenvalue weighted by molar-refractivity contribution is -0.117.